The monoisotopic (exact) mass is 223 g/mol. The third-order valence-corrected chi connectivity index (χ3v) is 3.14. The van der Waals surface area contributed by atoms with Gasteiger partial charge in [0.25, 0.3) is 10.0 Å². The van der Waals surface area contributed by atoms with Crippen molar-refractivity contribution in [3.63, 3.8) is 0 Å². The summed E-state index contributed by atoms with van der Waals surface area (Å²) in [4.78, 5) is 11.5. The summed E-state index contributed by atoms with van der Waals surface area (Å²) in [6, 6.07) is 9.02. The van der Waals surface area contributed by atoms with Crippen LogP contribution in [0.15, 0.2) is 41.8 Å². The summed E-state index contributed by atoms with van der Waals surface area (Å²) in [5.41, 5.74) is 0.779. The molecule has 0 bridgehead atoms. The van der Waals surface area contributed by atoms with E-state index in [1.54, 1.807) is 24.3 Å². The van der Waals surface area contributed by atoms with Crippen molar-refractivity contribution >= 4 is 15.9 Å². The highest BCUT2D eigenvalue weighted by molar-refractivity contribution is 7.93. The van der Waals surface area contributed by atoms with Gasteiger partial charge in [-0.3, -0.25) is 4.79 Å². The van der Waals surface area contributed by atoms with E-state index in [0.717, 1.165) is 11.0 Å². The van der Waals surface area contributed by atoms with Gasteiger partial charge in [0, 0.05) is 5.41 Å². The summed E-state index contributed by atoms with van der Waals surface area (Å²) in [7, 11) is -3.55. The second-order valence-corrected chi connectivity index (χ2v) is 4.79. The first-order valence-corrected chi connectivity index (χ1v) is 5.93. The van der Waals surface area contributed by atoms with E-state index >= 15 is 0 Å². The molecule has 0 aromatic heterocycles. The normalized spacial score (nSPS) is 23.5. The van der Waals surface area contributed by atoms with Gasteiger partial charge in [-0.2, -0.15) is 0 Å². The second-order valence-electron chi connectivity index (χ2n) is 3.23. The van der Waals surface area contributed by atoms with Crippen LogP contribution in [0.1, 0.15) is 11.5 Å². The first kappa shape index (κ1) is 9.92. The van der Waals surface area contributed by atoms with Gasteiger partial charge in [-0.25, -0.2) is 13.1 Å². The number of carbonyl (C=O) groups is 1. The molecule has 1 aromatic rings. The van der Waals surface area contributed by atoms with Crippen LogP contribution in [0.4, 0.5) is 0 Å². The topological polar surface area (TPSA) is 63.2 Å². The molecule has 0 fully saturated rings. The Bertz CT molecular complexity index is 505. The third kappa shape index (κ3) is 2.07. The fraction of sp³-hybridized carbons (Fsp3) is 0.100. The van der Waals surface area contributed by atoms with Gasteiger partial charge in [-0.05, 0) is 5.56 Å². The van der Waals surface area contributed by atoms with Crippen LogP contribution in [-0.4, -0.2) is 14.3 Å². The molecule has 1 unspecified atom stereocenters. The van der Waals surface area contributed by atoms with Crippen molar-refractivity contribution in [3.05, 3.63) is 47.4 Å². The number of rotatable bonds is 1. The highest BCUT2D eigenvalue weighted by Crippen LogP contribution is 2.20. The highest BCUT2D eigenvalue weighted by Gasteiger charge is 2.26. The number of benzene rings is 1. The Morgan fingerprint density at radius 1 is 1.13 bits per heavy atom. The maximum atomic E-state index is 11.5. The molecule has 0 saturated carbocycles. The third-order valence-electron chi connectivity index (χ3n) is 2.13. The molecule has 1 aromatic carbocycles. The summed E-state index contributed by atoms with van der Waals surface area (Å²) < 4.78 is 24.0. The van der Waals surface area contributed by atoms with Crippen LogP contribution in [-0.2, 0) is 14.8 Å². The predicted octanol–water partition coefficient (Wildman–Crippen LogP) is 0.744. The fourth-order valence-corrected chi connectivity index (χ4v) is 2.27. The lowest BCUT2D eigenvalue weighted by atomic mass is 9.99. The Balaban J connectivity index is 2.38. The second kappa shape index (κ2) is 3.51. The minimum Gasteiger partial charge on any atom is -0.273 e. The minimum absolute atomic E-state index is 0.510. The molecule has 0 spiro atoms. The Hall–Kier alpha value is -1.62. The maximum absolute atomic E-state index is 11.5. The molecule has 1 aliphatic rings. The van der Waals surface area contributed by atoms with E-state index < -0.39 is 21.8 Å². The molecular formula is C10H9NO3S. The fourth-order valence-electron chi connectivity index (χ4n) is 1.43. The summed E-state index contributed by atoms with van der Waals surface area (Å²) >= 11 is 0. The van der Waals surface area contributed by atoms with E-state index in [0.29, 0.717) is 0 Å². The van der Waals surface area contributed by atoms with E-state index in [1.807, 2.05) is 10.8 Å². The molecule has 5 heteroatoms. The maximum Gasteiger partial charge on any atom is 0.256 e. The number of amides is 1. The average molecular weight is 223 g/mol. The van der Waals surface area contributed by atoms with Gasteiger partial charge in [0.2, 0.25) is 5.91 Å². The average Bonchev–Trinajstić information content (AvgIpc) is 2.17. The molecule has 0 saturated heterocycles. The van der Waals surface area contributed by atoms with Gasteiger partial charge in [0.1, 0.15) is 0 Å². The molecule has 4 nitrogen and oxygen atoms in total. The van der Waals surface area contributed by atoms with Crippen LogP contribution in [0.5, 0.6) is 0 Å². The molecule has 1 N–H and O–H groups in total. The van der Waals surface area contributed by atoms with Crippen molar-refractivity contribution in [3.8, 4) is 0 Å². The standard InChI is InChI=1S/C10H9NO3S/c12-10-9(6-7-15(13,14)11-10)8-4-2-1-3-5-8/h1-7,9H,(H,11,12). The predicted molar refractivity (Wildman–Crippen MR) is 55.4 cm³/mol. The zero-order valence-electron chi connectivity index (χ0n) is 7.75. The Labute approximate surface area is 87.7 Å². The number of nitrogens with one attached hydrogen (secondary N) is 1. The van der Waals surface area contributed by atoms with Crippen molar-refractivity contribution in [1.82, 2.24) is 4.72 Å². The summed E-state index contributed by atoms with van der Waals surface area (Å²) in [5.74, 6) is -1.03. The summed E-state index contributed by atoms with van der Waals surface area (Å²) in [6.45, 7) is 0. The van der Waals surface area contributed by atoms with Crippen molar-refractivity contribution in [2.24, 2.45) is 0 Å². The zero-order valence-corrected chi connectivity index (χ0v) is 8.57. The van der Waals surface area contributed by atoms with Crippen molar-refractivity contribution in [2.75, 3.05) is 0 Å². The van der Waals surface area contributed by atoms with Crippen LogP contribution in [0.2, 0.25) is 0 Å². The molecule has 1 heterocycles. The van der Waals surface area contributed by atoms with Crippen molar-refractivity contribution in [2.45, 2.75) is 5.92 Å². The number of hydrogen-bond donors (Lipinski definition) is 1. The van der Waals surface area contributed by atoms with E-state index in [1.165, 1.54) is 6.08 Å². The van der Waals surface area contributed by atoms with Crippen LogP contribution in [0, 0.1) is 0 Å². The summed E-state index contributed by atoms with van der Waals surface area (Å²) in [6.07, 6.45) is 1.39. The van der Waals surface area contributed by atoms with E-state index in [9.17, 15) is 13.2 Å². The lowest BCUT2D eigenvalue weighted by Crippen LogP contribution is -2.36. The number of carbonyl (C=O) groups excluding carboxylic acids is 1. The van der Waals surface area contributed by atoms with Crippen LogP contribution in [0.3, 0.4) is 0 Å². The van der Waals surface area contributed by atoms with E-state index in [4.69, 9.17) is 0 Å². The van der Waals surface area contributed by atoms with Gasteiger partial charge in [-0.15, -0.1) is 0 Å². The molecule has 78 valence electrons. The van der Waals surface area contributed by atoms with Gasteiger partial charge < -0.3 is 0 Å². The molecular weight excluding hydrogens is 214 g/mol. The first-order valence-electron chi connectivity index (χ1n) is 4.38. The van der Waals surface area contributed by atoms with Crippen molar-refractivity contribution < 1.29 is 13.2 Å². The largest absolute Gasteiger partial charge is 0.273 e. The molecule has 1 aliphatic heterocycles. The lowest BCUT2D eigenvalue weighted by Gasteiger charge is -2.16. The number of sulfonamides is 1. The van der Waals surface area contributed by atoms with Crippen LogP contribution >= 0.6 is 0 Å². The van der Waals surface area contributed by atoms with Gasteiger partial charge in [0.05, 0.1) is 5.92 Å². The molecule has 2 rings (SSSR count). The molecule has 0 aliphatic carbocycles. The van der Waals surface area contributed by atoms with Gasteiger partial charge in [0.15, 0.2) is 0 Å². The zero-order chi connectivity index (χ0) is 10.9. The van der Waals surface area contributed by atoms with Crippen LogP contribution < -0.4 is 4.72 Å². The van der Waals surface area contributed by atoms with Gasteiger partial charge in [-0.1, -0.05) is 36.4 Å². The Morgan fingerprint density at radius 3 is 2.40 bits per heavy atom. The van der Waals surface area contributed by atoms with Crippen LogP contribution in [0.25, 0.3) is 0 Å². The van der Waals surface area contributed by atoms with E-state index in [-0.39, 0.29) is 0 Å². The van der Waals surface area contributed by atoms with Gasteiger partial charge >= 0.3 is 0 Å². The smallest absolute Gasteiger partial charge is 0.256 e. The van der Waals surface area contributed by atoms with Crippen molar-refractivity contribution in [1.29, 1.82) is 0 Å². The SMILES string of the molecule is O=C1NS(=O)(=O)C=CC1c1ccccc1. The highest BCUT2D eigenvalue weighted by atomic mass is 32.2. The molecule has 1 amide bonds. The first-order chi connectivity index (χ1) is 7.08. The lowest BCUT2D eigenvalue weighted by molar-refractivity contribution is -0.119. The number of hydrogen-bond acceptors (Lipinski definition) is 3. The Kier molecular flexibility index (Phi) is 2.32. The Morgan fingerprint density at radius 2 is 1.80 bits per heavy atom. The van der Waals surface area contributed by atoms with E-state index in [2.05, 4.69) is 0 Å². The molecule has 1 atom stereocenters. The quantitative estimate of drug-likeness (QED) is 0.764. The minimum atomic E-state index is -3.55. The molecule has 15 heavy (non-hydrogen) atoms. The summed E-state index contributed by atoms with van der Waals surface area (Å²) in [5, 5.41) is 1.02. The molecule has 0 radical (unpaired) electrons.